The quantitative estimate of drug-likeness (QED) is 0.600. The monoisotopic (exact) mass is 293 g/mol. The van der Waals surface area contributed by atoms with Gasteiger partial charge in [-0.25, -0.2) is 4.68 Å². The molecule has 0 fully saturated rings. The van der Waals surface area contributed by atoms with E-state index in [9.17, 15) is 0 Å². The van der Waals surface area contributed by atoms with Crippen molar-refractivity contribution in [1.82, 2.24) is 20.2 Å². The van der Waals surface area contributed by atoms with Crippen LogP contribution in [0.1, 0.15) is 6.92 Å². The Bertz CT molecular complexity index is 599. The van der Waals surface area contributed by atoms with Gasteiger partial charge in [-0.3, -0.25) is 0 Å². The maximum absolute atomic E-state index is 6.11. The van der Waals surface area contributed by atoms with Crippen molar-refractivity contribution in [2.24, 2.45) is 0 Å². The molecule has 1 heterocycles. The van der Waals surface area contributed by atoms with Crippen LogP contribution in [0.4, 0.5) is 5.69 Å². The molecule has 0 saturated heterocycles. The molecule has 0 bridgehead atoms. The Kier molecular flexibility index (Phi) is 4.94. The maximum atomic E-state index is 6.11. The zero-order valence-corrected chi connectivity index (χ0v) is 12.4. The molecule has 0 aliphatic heterocycles. The number of benzene rings is 1. The van der Waals surface area contributed by atoms with E-state index in [2.05, 4.69) is 15.5 Å². The summed E-state index contributed by atoms with van der Waals surface area (Å²) in [4.78, 5) is 0. The number of methoxy groups -OCH3 is 2. The fraction of sp³-hybridized carbons (Fsp3) is 0.462. The molecule has 2 N–H and O–H groups in total. The SMILES string of the molecule is CCOCCn1nnnc1-c1cc(OC)cc(OC)c1N. The van der Waals surface area contributed by atoms with Crippen LogP contribution in [0.25, 0.3) is 11.4 Å². The maximum Gasteiger partial charge on any atom is 0.184 e. The Hall–Kier alpha value is -2.35. The van der Waals surface area contributed by atoms with E-state index in [1.807, 2.05) is 6.92 Å². The highest BCUT2D eigenvalue weighted by molar-refractivity contribution is 5.78. The van der Waals surface area contributed by atoms with Gasteiger partial charge < -0.3 is 19.9 Å². The highest BCUT2D eigenvalue weighted by Crippen LogP contribution is 2.36. The fourth-order valence-corrected chi connectivity index (χ4v) is 1.92. The molecule has 0 unspecified atom stereocenters. The van der Waals surface area contributed by atoms with E-state index in [1.165, 1.54) is 0 Å². The average molecular weight is 293 g/mol. The summed E-state index contributed by atoms with van der Waals surface area (Å²) in [6.07, 6.45) is 0. The van der Waals surface area contributed by atoms with E-state index in [0.29, 0.717) is 48.3 Å². The van der Waals surface area contributed by atoms with Gasteiger partial charge in [-0.15, -0.1) is 5.10 Å². The number of ether oxygens (including phenoxy) is 3. The zero-order chi connectivity index (χ0) is 15.2. The van der Waals surface area contributed by atoms with Crippen molar-refractivity contribution in [3.63, 3.8) is 0 Å². The third kappa shape index (κ3) is 3.22. The number of nitrogens with zero attached hydrogens (tertiary/aromatic N) is 4. The lowest BCUT2D eigenvalue weighted by Crippen LogP contribution is -2.10. The molecule has 0 amide bonds. The van der Waals surface area contributed by atoms with E-state index < -0.39 is 0 Å². The van der Waals surface area contributed by atoms with Crippen LogP contribution >= 0.6 is 0 Å². The van der Waals surface area contributed by atoms with Crippen molar-refractivity contribution in [1.29, 1.82) is 0 Å². The number of hydrogen-bond acceptors (Lipinski definition) is 7. The van der Waals surface area contributed by atoms with Crippen LogP contribution in [0.5, 0.6) is 11.5 Å². The lowest BCUT2D eigenvalue weighted by Gasteiger charge is -2.12. The predicted octanol–water partition coefficient (Wildman–Crippen LogP) is 0.976. The second-order valence-electron chi connectivity index (χ2n) is 4.21. The summed E-state index contributed by atoms with van der Waals surface area (Å²) in [6.45, 7) is 3.64. The second-order valence-corrected chi connectivity index (χ2v) is 4.21. The standard InChI is InChI=1S/C13H19N5O3/c1-4-21-6-5-18-13(15-16-17-18)10-7-9(19-2)8-11(20-3)12(10)14/h7-8H,4-6,14H2,1-3H3. The van der Waals surface area contributed by atoms with Crippen LogP contribution in [0.2, 0.25) is 0 Å². The van der Waals surface area contributed by atoms with Gasteiger partial charge >= 0.3 is 0 Å². The minimum Gasteiger partial charge on any atom is -0.497 e. The summed E-state index contributed by atoms with van der Waals surface area (Å²) in [5.74, 6) is 1.68. The number of hydrogen-bond donors (Lipinski definition) is 1. The highest BCUT2D eigenvalue weighted by atomic mass is 16.5. The molecule has 114 valence electrons. The topological polar surface area (TPSA) is 97.3 Å². The number of rotatable bonds is 7. The van der Waals surface area contributed by atoms with Crippen LogP contribution < -0.4 is 15.2 Å². The molecule has 2 aromatic rings. The Labute approximate surface area is 122 Å². The molecule has 0 radical (unpaired) electrons. The van der Waals surface area contributed by atoms with Gasteiger partial charge in [-0.1, -0.05) is 0 Å². The number of aromatic nitrogens is 4. The summed E-state index contributed by atoms with van der Waals surface area (Å²) in [7, 11) is 3.12. The molecule has 0 spiro atoms. The number of anilines is 1. The van der Waals surface area contributed by atoms with Gasteiger partial charge in [-0.2, -0.15) is 0 Å². The summed E-state index contributed by atoms with van der Waals surface area (Å²) >= 11 is 0. The molecular weight excluding hydrogens is 274 g/mol. The molecule has 0 aliphatic rings. The second kappa shape index (κ2) is 6.89. The lowest BCUT2D eigenvalue weighted by atomic mass is 10.1. The first-order chi connectivity index (χ1) is 10.2. The largest absolute Gasteiger partial charge is 0.497 e. The van der Waals surface area contributed by atoms with Crippen LogP contribution in [0, 0.1) is 0 Å². The van der Waals surface area contributed by atoms with E-state index >= 15 is 0 Å². The minimum atomic E-state index is 0.464. The molecule has 2 rings (SSSR count). The van der Waals surface area contributed by atoms with Gasteiger partial charge in [0.25, 0.3) is 0 Å². The van der Waals surface area contributed by atoms with Crippen LogP contribution in [-0.2, 0) is 11.3 Å². The Morgan fingerprint density at radius 1 is 1.24 bits per heavy atom. The summed E-state index contributed by atoms with van der Waals surface area (Å²) in [6, 6.07) is 3.49. The number of nitrogens with two attached hydrogens (primary N) is 1. The van der Waals surface area contributed by atoms with Gasteiger partial charge in [0.2, 0.25) is 0 Å². The van der Waals surface area contributed by atoms with E-state index in [4.69, 9.17) is 19.9 Å². The number of tetrazole rings is 1. The van der Waals surface area contributed by atoms with E-state index in [1.54, 1.807) is 31.0 Å². The first kappa shape index (κ1) is 15.0. The predicted molar refractivity (Wildman–Crippen MR) is 77.3 cm³/mol. The third-order valence-corrected chi connectivity index (χ3v) is 3.00. The normalized spacial score (nSPS) is 10.6. The summed E-state index contributed by atoms with van der Waals surface area (Å²) < 4.78 is 17.5. The fourth-order valence-electron chi connectivity index (χ4n) is 1.92. The van der Waals surface area contributed by atoms with Crippen molar-refractivity contribution in [3.8, 4) is 22.9 Å². The molecule has 8 nitrogen and oxygen atoms in total. The van der Waals surface area contributed by atoms with Gasteiger partial charge in [-0.05, 0) is 23.4 Å². The molecule has 1 aromatic carbocycles. The molecule has 1 aromatic heterocycles. The van der Waals surface area contributed by atoms with Crippen LogP contribution in [0.15, 0.2) is 12.1 Å². The third-order valence-electron chi connectivity index (χ3n) is 3.00. The molecular formula is C13H19N5O3. The van der Waals surface area contributed by atoms with Crippen molar-refractivity contribution in [3.05, 3.63) is 12.1 Å². The Balaban J connectivity index is 2.39. The summed E-state index contributed by atoms with van der Waals surface area (Å²) in [5, 5.41) is 11.7. The smallest absolute Gasteiger partial charge is 0.184 e. The molecule has 0 atom stereocenters. The van der Waals surface area contributed by atoms with Crippen molar-refractivity contribution in [2.45, 2.75) is 13.5 Å². The molecule has 0 aliphatic carbocycles. The van der Waals surface area contributed by atoms with Crippen LogP contribution in [-0.4, -0.2) is 47.6 Å². The van der Waals surface area contributed by atoms with E-state index in [-0.39, 0.29) is 0 Å². The first-order valence-electron chi connectivity index (χ1n) is 6.57. The first-order valence-corrected chi connectivity index (χ1v) is 6.57. The van der Waals surface area contributed by atoms with Gasteiger partial charge in [0, 0.05) is 12.7 Å². The van der Waals surface area contributed by atoms with Crippen molar-refractivity contribution >= 4 is 5.69 Å². The van der Waals surface area contributed by atoms with Crippen LogP contribution in [0.3, 0.4) is 0 Å². The van der Waals surface area contributed by atoms with E-state index in [0.717, 1.165) is 0 Å². The number of nitrogen functional groups attached to an aromatic ring is 1. The zero-order valence-electron chi connectivity index (χ0n) is 12.4. The van der Waals surface area contributed by atoms with Gasteiger partial charge in [0.1, 0.15) is 11.5 Å². The van der Waals surface area contributed by atoms with Crippen molar-refractivity contribution in [2.75, 3.05) is 33.2 Å². The Morgan fingerprint density at radius 3 is 2.71 bits per heavy atom. The minimum absolute atomic E-state index is 0.464. The lowest BCUT2D eigenvalue weighted by molar-refractivity contribution is 0.136. The summed E-state index contributed by atoms with van der Waals surface area (Å²) in [5.41, 5.74) is 7.24. The highest BCUT2D eigenvalue weighted by Gasteiger charge is 2.17. The molecule has 21 heavy (non-hydrogen) atoms. The molecule has 0 saturated carbocycles. The Morgan fingerprint density at radius 2 is 2.05 bits per heavy atom. The average Bonchev–Trinajstić information content (AvgIpc) is 2.96. The van der Waals surface area contributed by atoms with Gasteiger partial charge in [0.15, 0.2) is 5.82 Å². The van der Waals surface area contributed by atoms with Gasteiger partial charge in [0.05, 0.1) is 38.6 Å². The molecule has 8 heteroatoms. The van der Waals surface area contributed by atoms with Crippen molar-refractivity contribution < 1.29 is 14.2 Å².